The van der Waals surface area contributed by atoms with Crippen molar-refractivity contribution in [2.75, 3.05) is 18.9 Å². The number of nitrogens with two attached hydrogens (primary N) is 1. The molecule has 31 heavy (non-hydrogen) atoms. The zero-order valence-corrected chi connectivity index (χ0v) is 18.8. The van der Waals surface area contributed by atoms with Gasteiger partial charge in [0.05, 0.1) is 25.1 Å². The number of aromatic nitrogens is 4. The van der Waals surface area contributed by atoms with E-state index in [2.05, 4.69) is 9.97 Å². The van der Waals surface area contributed by atoms with Crippen LogP contribution < -0.4 is 11.3 Å². The first kappa shape index (κ1) is 25.4. The molecule has 2 heterocycles. The predicted octanol–water partition coefficient (Wildman–Crippen LogP) is -0.320. The van der Waals surface area contributed by atoms with Crippen LogP contribution in [0.15, 0.2) is 11.1 Å². The molecule has 0 saturated carbocycles. The van der Waals surface area contributed by atoms with Gasteiger partial charge in [-0.05, 0) is 20.3 Å². The summed E-state index contributed by atoms with van der Waals surface area (Å²) in [6.07, 6.45) is -0.859. The van der Waals surface area contributed by atoms with E-state index in [9.17, 15) is 29.6 Å². The molecule has 0 radical (unpaired) electrons. The van der Waals surface area contributed by atoms with E-state index in [1.54, 1.807) is 13.8 Å². The number of fused-ring (bicyclic) bond motifs is 1. The highest BCUT2D eigenvalue weighted by molar-refractivity contribution is 7.53. The minimum absolute atomic E-state index is 0.00956. The van der Waals surface area contributed by atoms with E-state index in [1.807, 2.05) is 0 Å². The predicted molar refractivity (Wildman–Crippen MR) is 111 cm³/mol. The molecule has 4 unspecified atom stereocenters. The minimum atomic E-state index is -4.25. The molecule has 2 aromatic rings. The molecule has 0 aliphatic heterocycles. The van der Waals surface area contributed by atoms with Gasteiger partial charge in [0.2, 0.25) is 5.95 Å². The van der Waals surface area contributed by atoms with Crippen LogP contribution in [0.25, 0.3) is 11.2 Å². The average Bonchev–Trinajstić information content (AvgIpc) is 3.12. The summed E-state index contributed by atoms with van der Waals surface area (Å²) in [5.41, 5.74) is 4.24. The van der Waals surface area contributed by atoms with Crippen LogP contribution in [0.2, 0.25) is 0 Å². The maximum atomic E-state index is 12.3. The SMILES string of the molecule is CCC(C)(CCOC([C@H](O)CO)n1cnc2c(=O)n(C)c(N)nc21)OP(=O)(O)C(C)O. The van der Waals surface area contributed by atoms with E-state index in [1.165, 1.54) is 17.9 Å². The quantitative estimate of drug-likeness (QED) is 0.274. The lowest BCUT2D eigenvalue weighted by Gasteiger charge is -2.32. The second-order valence-electron chi connectivity index (χ2n) is 7.51. The van der Waals surface area contributed by atoms with Gasteiger partial charge in [-0.3, -0.25) is 18.5 Å². The first-order valence-electron chi connectivity index (χ1n) is 9.67. The highest BCUT2D eigenvalue weighted by Crippen LogP contribution is 2.51. The number of imidazole rings is 1. The number of nitrogen functional groups attached to an aromatic ring is 1. The van der Waals surface area contributed by atoms with Crippen molar-refractivity contribution < 1.29 is 34.0 Å². The number of rotatable bonds is 11. The summed E-state index contributed by atoms with van der Waals surface area (Å²) in [5.74, 6) is -1.63. The van der Waals surface area contributed by atoms with Gasteiger partial charge in [-0.2, -0.15) is 4.98 Å². The fraction of sp³-hybridized carbons (Fsp3) is 0.706. The molecule has 0 aliphatic rings. The number of hydrogen-bond donors (Lipinski definition) is 5. The van der Waals surface area contributed by atoms with Gasteiger partial charge in [0.15, 0.2) is 23.2 Å². The summed E-state index contributed by atoms with van der Waals surface area (Å²) in [7, 11) is -2.81. The van der Waals surface area contributed by atoms with Crippen LogP contribution in [0, 0.1) is 0 Å². The third-order valence-electron chi connectivity index (χ3n) is 5.12. The largest absolute Gasteiger partial charge is 0.394 e. The monoisotopic (exact) mass is 463 g/mol. The van der Waals surface area contributed by atoms with Gasteiger partial charge in [0.1, 0.15) is 6.10 Å². The van der Waals surface area contributed by atoms with Crippen LogP contribution >= 0.6 is 7.60 Å². The molecule has 0 aromatic carbocycles. The summed E-state index contributed by atoms with van der Waals surface area (Å²) in [4.78, 5) is 30.3. The Labute approximate surface area is 178 Å². The van der Waals surface area contributed by atoms with Crippen molar-refractivity contribution in [3.8, 4) is 0 Å². The lowest BCUT2D eigenvalue weighted by molar-refractivity contribution is -0.107. The topological polar surface area (TPSA) is 195 Å². The number of aliphatic hydroxyl groups is 3. The lowest BCUT2D eigenvalue weighted by Crippen LogP contribution is -2.34. The molecular formula is C17H30N5O8P. The molecule has 176 valence electrons. The van der Waals surface area contributed by atoms with Gasteiger partial charge in [0, 0.05) is 13.5 Å². The van der Waals surface area contributed by atoms with E-state index in [0.717, 1.165) is 11.5 Å². The minimum Gasteiger partial charge on any atom is -0.394 e. The maximum absolute atomic E-state index is 12.3. The van der Waals surface area contributed by atoms with Crippen molar-refractivity contribution in [2.45, 2.75) is 57.4 Å². The molecule has 2 rings (SSSR count). The van der Waals surface area contributed by atoms with Gasteiger partial charge in [0.25, 0.3) is 5.56 Å². The molecule has 0 fully saturated rings. The Kier molecular flexibility index (Phi) is 7.98. The summed E-state index contributed by atoms with van der Waals surface area (Å²) < 4.78 is 25.5. The van der Waals surface area contributed by atoms with Crippen LogP contribution in [0.4, 0.5) is 5.95 Å². The molecule has 0 bridgehead atoms. The third-order valence-corrected chi connectivity index (χ3v) is 6.77. The van der Waals surface area contributed by atoms with Gasteiger partial charge < -0.3 is 35.2 Å². The average molecular weight is 463 g/mol. The number of nitrogens with zero attached hydrogens (tertiary/aromatic N) is 4. The molecule has 13 nitrogen and oxygen atoms in total. The normalized spacial score (nSPS) is 19.0. The van der Waals surface area contributed by atoms with Crippen molar-refractivity contribution in [2.24, 2.45) is 7.05 Å². The second-order valence-corrected chi connectivity index (χ2v) is 9.57. The summed E-state index contributed by atoms with van der Waals surface area (Å²) in [6.45, 7) is 3.78. The molecule has 6 N–H and O–H groups in total. The Balaban J connectivity index is 2.27. The van der Waals surface area contributed by atoms with Crippen LogP contribution in [0.1, 0.15) is 39.8 Å². The first-order valence-corrected chi connectivity index (χ1v) is 11.3. The number of anilines is 1. The Bertz CT molecular complexity index is 1010. The van der Waals surface area contributed by atoms with Crippen molar-refractivity contribution in [1.29, 1.82) is 0 Å². The molecule has 0 amide bonds. The highest BCUT2D eigenvalue weighted by atomic mass is 31.2. The Morgan fingerprint density at radius 3 is 2.58 bits per heavy atom. The Morgan fingerprint density at radius 2 is 2.03 bits per heavy atom. The number of aliphatic hydroxyl groups excluding tert-OH is 3. The smallest absolute Gasteiger partial charge is 0.356 e. The van der Waals surface area contributed by atoms with Crippen LogP contribution in [0.5, 0.6) is 0 Å². The molecule has 0 aliphatic carbocycles. The Hall–Kier alpha value is -1.86. The fourth-order valence-corrected chi connectivity index (χ4v) is 3.79. The van der Waals surface area contributed by atoms with E-state index in [0.29, 0.717) is 6.42 Å². The Morgan fingerprint density at radius 1 is 1.39 bits per heavy atom. The van der Waals surface area contributed by atoms with Crippen molar-refractivity contribution in [3.05, 3.63) is 16.7 Å². The van der Waals surface area contributed by atoms with E-state index in [-0.39, 0.29) is 30.1 Å². The summed E-state index contributed by atoms with van der Waals surface area (Å²) in [5, 5.41) is 29.2. The summed E-state index contributed by atoms with van der Waals surface area (Å²) in [6, 6.07) is 0. The molecule has 2 aromatic heterocycles. The number of ether oxygens (including phenoxy) is 1. The van der Waals surface area contributed by atoms with Gasteiger partial charge in [-0.25, -0.2) is 4.98 Å². The standard InChI is InChI=1S/C17H30N5O8P/c1-5-17(3,30-31(27,28)10(2)24)6-7-29-15(11(25)8-23)22-9-19-12-13(22)20-16(18)21(4)14(12)26/h9-11,15,23-25H,5-8H2,1-4H3,(H2,18,20)(H,27,28)/t10?,11-,15?,17?/m1/s1. The molecule has 14 heteroatoms. The molecule has 0 spiro atoms. The van der Waals surface area contributed by atoms with Crippen LogP contribution in [0.3, 0.4) is 0 Å². The molecule has 5 atom stereocenters. The maximum Gasteiger partial charge on any atom is 0.356 e. The zero-order chi connectivity index (χ0) is 23.6. The second kappa shape index (κ2) is 9.74. The van der Waals surface area contributed by atoms with Gasteiger partial charge in [-0.15, -0.1) is 0 Å². The number of hydrogen-bond acceptors (Lipinski definition) is 10. The molecule has 0 saturated heterocycles. The van der Waals surface area contributed by atoms with Crippen molar-refractivity contribution in [3.63, 3.8) is 0 Å². The molecular weight excluding hydrogens is 433 g/mol. The third kappa shape index (κ3) is 5.50. The highest BCUT2D eigenvalue weighted by Gasteiger charge is 2.37. The van der Waals surface area contributed by atoms with E-state index >= 15 is 0 Å². The lowest BCUT2D eigenvalue weighted by atomic mass is 10.0. The van der Waals surface area contributed by atoms with Crippen molar-refractivity contribution in [1.82, 2.24) is 19.1 Å². The zero-order valence-electron chi connectivity index (χ0n) is 17.9. The first-order chi connectivity index (χ1) is 14.4. The van der Waals surface area contributed by atoms with E-state index in [4.69, 9.17) is 15.0 Å². The van der Waals surface area contributed by atoms with Crippen LogP contribution in [-0.4, -0.2) is 70.1 Å². The van der Waals surface area contributed by atoms with Crippen LogP contribution in [-0.2, 0) is 20.9 Å². The summed E-state index contributed by atoms with van der Waals surface area (Å²) >= 11 is 0. The fourth-order valence-electron chi connectivity index (χ4n) is 2.79. The van der Waals surface area contributed by atoms with Gasteiger partial charge in [-0.1, -0.05) is 6.92 Å². The van der Waals surface area contributed by atoms with E-state index < -0.39 is 43.5 Å². The van der Waals surface area contributed by atoms with Crippen molar-refractivity contribution >= 4 is 24.7 Å². The van der Waals surface area contributed by atoms with Gasteiger partial charge >= 0.3 is 7.60 Å².